The summed E-state index contributed by atoms with van der Waals surface area (Å²) < 4.78 is 5.05. The maximum atomic E-state index is 12.6. The number of benzene rings is 2. The molecule has 1 heterocycles. The zero-order valence-corrected chi connectivity index (χ0v) is 18.0. The fourth-order valence-electron chi connectivity index (χ4n) is 3.12. The van der Waals surface area contributed by atoms with Crippen LogP contribution >= 0.6 is 0 Å². The average Bonchev–Trinajstić information content (AvgIpc) is 3.38. The van der Waals surface area contributed by atoms with Crippen LogP contribution in [0.1, 0.15) is 35.4 Å². The number of hydrogen-bond acceptors (Lipinski definition) is 5. The largest absolute Gasteiger partial charge is 0.459 e. The summed E-state index contributed by atoms with van der Waals surface area (Å²) in [7, 11) is 0. The van der Waals surface area contributed by atoms with Crippen molar-refractivity contribution in [2.75, 3.05) is 16.8 Å². The normalized spacial score (nSPS) is 10.2. The van der Waals surface area contributed by atoms with Crippen LogP contribution < -0.4 is 15.5 Å². The first-order valence-electron chi connectivity index (χ1n) is 10.5. The lowest BCUT2D eigenvalue weighted by Crippen LogP contribution is -2.33. The van der Waals surface area contributed by atoms with Gasteiger partial charge in [-0.1, -0.05) is 30.3 Å². The molecule has 0 aliphatic carbocycles. The molecule has 8 heteroatoms. The molecule has 0 saturated carbocycles. The van der Waals surface area contributed by atoms with E-state index in [4.69, 9.17) is 9.68 Å². The molecule has 0 aliphatic rings. The summed E-state index contributed by atoms with van der Waals surface area (Å²) in [5, 5.41) is 14.4. The third-order valence-corrected chi connectivity index (χ3v) is 4.83. The second-order valence-electron chi connectivity index (χ2n) is 7.19. The van der Waals surface area contributed by atoms with Crippen LogP contribution in [0.15, 0.2) is 77.4 Å². The topological polar surface area (TPSA) is 115 Å². The molecule has 1 aromatic heterocycles. The van der Waals surface area contributed by atoms with Crippen molar-refractivity contribution in [2.24, 2.45) is 0 Å². The number of nitriles is 1. The van der Waals surface area contributed by atoms with Crippen molar-refractivity contribution in [1.29, 1.82) is 5.26 Å². The van der Waals surface area contributed by atoms with Crippen molar-refractivity contribution in [3.8, 4) is 6.07 Å². The Morgan fingerprint density at radius 2 is 1.70 bits per heavy atom. The molecule has 0 atom stereocenters. The third kappa shape index (κ3) is 7.08. The van der Waals surface area contributed by atoms with E-state index >= 15 is 0 Å². The van der Waals surface area contributed by atoms with Gasteiger partial charge < -0.3 is 20.0 Å². The van der Waals surface area contributed by atoms with Crippen LogP contribution in [0.5, 0.6) is 0 Å². The fraction of sp³-hybridized carbons (Fsp3) is 0.200. The summed E-state index contributed by atoms with van der Waals surface area (Å²) in [4.78, 5) is 38.4. The van der Waals surface area contributed by atoms with E-state index in [9.17, 15) is 14.4 Å². The van der Waals surface area contributed by atoms with E-state index in [-0.39, 0.29) is 49.3 Å². The predicted octanol–water partition coefficient (Wildman–Crippen LogP) is 3.88. The number of nitrogens with zero attached hydrogens (tertiary/aromatic N) is 2. The molecular weight excluding hydrogens is 420 g/mol. The van der Waals surface area contributed by atoms with Gasteiger partial charge in [-0.05, 0) is 42.0 Å². The number of para-hydroxylation sites is 1. The molecule has 2 N–H and O–H groups in total. The molecule has 33 heavy (non-hydrogen) atoms. The molecule has 0 unspecified atom stereocenters. The Morgan fingerprint density at radius 1 is 0.939 bits per heavy atom. The maximum Gasteiger partial charge on any atom is 0.291 e. The summed E-state index contributed by atoms with van der Waals surface area (Å²) >= 11 is 0. The zero-order chi connectivity index (χ0) is 23.5. The highest BCUT2D eigenvalue weighted by atomic mass is 16.3. The van der Waals surface area contributed by atoms with Gasteiger partial charge in [0.15, 0.2) is 5.76 Å². The standard InChI is InChI=1S/C25H24N4O4/c26-15-5-16-29(21-6-2-1-3-7-21)24(31)14-13-23(30)27-18-19-9-11-20(12-10-19)28-25(32)22-8-4-17-33-22/h1-4,6-12,17H,5,13-14,16,18H2,(H,27,30)(H,28,32). The number of rotatable bonds is 10. The minimum atomic E-state index is -0.343. The highest BCUT2D eigenvalue weighted by molar-refractivity contribution is 6.02. The van der Waals surface area contributed by atoms with Crippen molar-refractivity contribution in [3.05, 3.63) is 84.3 Å². The van der Waals surface area contributed by atoms with Crippen LogP contribution in [-0.2, 0) is 16.1 Å². The molecule has 3 aromatic rings. The SMILES string of the molecule is N#CCCN(C(=O)CCC(=O)NCc1ccc(NC(=O)c2ccco2)cc1)c1ccccc1. The number of carbonyl (C=O) groups excluding carboxylic acids is 3. The van der Waals surface area contributed by atoms with Gasteiger partial charge in [-0.2, -0.15) is 5.26 Å². The van der Waals surface area contributed by atoms with Crippen LogP contribution in [0.4, 0.5) is 11.4 Å². The van der Waals surface area contributed by atoms with Gasteiger partial charge in [-0.15, -0.1) is 0 Å². The fourth-order valence-corrected chi connectivity index (χ4v) is 3.12. The summed E-state index contributed by atoms with van der Waals surface area (Å²) in [5.41, 5.74) is 2.17. The van der Waals surface area contributed by atoms with E-state index in [1.807, 2.05) is 24.3 Å². The Bertz CT molecular complexity index is 1100. The average molecular weight is 444 g/mol. The van der Waals surface area contributed by atoms with E-state index < -0.39 is 0 Å². The lowest BCUT2D eigenvalue weighted by molar-refractivity contribution is -0.125. The van der Waals surface area contributed by atoms with Crippen molar-refractivity contribution in [1.82, 2.24) is 5.32 Å². The third-order valence-electron chi connectivity index (χ3n) is 4.83. The number of hydrogen-bond donors (Lipinski definition) is 2. The number of furan rings is 1. The van der Waals surface area contributed by atoms with E-state index in [1.54, 1.807) is 48.5 Å². The molecule has 0 aliphatic heterocycles. The molecule has 168 valence electrons. The number of nitrogens with one attached hydrogen (secondary N) is 2. The Morgan fingerprint density at radius 3 is 2.36 bits per heavy atom. The van der Waals surface area contributed by atoms with Crippen molar-refractivity contribution in [3.63, 3.8) is 0 Å². The smallest absolute Gasteiger partial charge is 0.291 e. The van der Waals surface area contributed by atoms with Crippen LogP contribution in [0, 0.1) is 11.3 Å². The van der Waals surface area contributed by atoms with Crippen LogP contribution in [0.2, 0.25) is 0 Å². The zero-order valence-electron chi connectivity index (χ0n) is 18.0. The van der Waals surface area contributed by atoms with Crippen molar-refractivity contribution >= 4 is 29.1 Å². The summed E-state index contributed by atoms with van der Waals surface area (Å²) in [6.07, 6.45) is 1.74. The highest BCUT2D eigenvalue weighted by Crippen LogP contribution is 2.16. The Labute approximate surface area is 191 Å². The second-order valence-corrected chi connectivity index (χ2v) is 7.19. The van der Waals surface area contributed by atoms with Crippen LogP contribution in [0.25, 0.3) is 0 Å². The summed E-state index contributed by atoms with van der Waals surface area (Å²) in [6, 6.07) is 21.4. The second kappa shape index (κ2) is 11.9. The lowest BCUT2D eigenvalue weighted by atomic mass is 10.2. The Hall–Kier alpha value is -4.38. The molecule has 8 nitrogen and oxygen atoms in total. The van der Waals surface area contributed by atoms with Gasteiger partial charge in [0, 0.05) is 37.3 Å². The molecule has 0 radical (unpaired) electrons. The van der Waals surface area contributed by atoms with Gasteiger partial charge in [0.2, 0.25) is 11.8 Å². The molecule has 3 rings (SSSR count). The molecule has 2 aromatic carbocycles. The van der Waals surface area contributed by atoms with Gasteiger partial charge in [-0.3, -0.25) is 14.4 Å². The molecule has 0 fully saturated rings. The summed E-state index contributed by atoms with van der Waals surface area (Å²) in [6.45, 7) is 0.583. The molecule has 0 spiro atoms. The number of amides is 3. The molecule has 0 bridgehead atoms. The minimum Gasteiger partial charge on any atom is -0.459 e. The molecule has 3 amide bonds. The first-order chi connectivity index (χ1) is 16.1. The van der Waals surface area contributed by atoms with Gasteiger partial charge in [0.05, 0.1) is 18.8 Å². The molecular formula is C25H24N4O4. The lowest BCUT2D eigenvalue weighted by Gasteiger charge is -2.21. The van der Waals surface area contributed by atoms with Crippen molar-refractivity contribution < 1.29 is 18.8 Å². The number of anilines is 2. The van der Waals surface area contributed by atoms with E-state index in [1.165, 1.54) is 11.2 Å². The highest BCUT2D eigenvalue weighted by Gasteiger charge is 2.16. The maximum absolute atomic E-state index is 12.6. The van der Waals surface area contributed by atoms with E-state index in [2.05, 4.69) is 10.6 Å². The summed E-state index contributed by atoms with van der Waals surface area (Å²) in [5.74, 6) is -0.570. The quantitative estimate of drug-likeness (QED) is 0.492. The van der Waals surface area contributed by atoms with Crippen molar-refractivity contribution in [2.45, 2.75) is 25.8 Å². The van der Waals surface area contributed by atoms with E-state index in [0.29, 0.717) is 17.9 Å². The first-order valence-corrected chi connectivity index (χ1v) is 10.5. The van der Waals surface area contributed by atoms with Gasteiger partial charge in [0.1, 0.15) is 0 Å². The first kappa shape index (κ1) is 23.3. The van der Waals surface area contributed by atoms with Crippen LogP contribution in [0.3, 0.4) is 0 Å². The monoisotopic (exact) mass is 444 g/mol. The van der Waals surface area contributed by atoms with Gasteiger partial charge in [0.25, 0.3) is 5.91 Å². The van der Waals surface area contributed by atoms with Crippen LogP contribution in [-0.4, -0.2) is 24.3 Å². The minimum absolute atomic E-state index is 0.0455. The predicted molar refractivity (Wildman–Crippen MR) is 123 cm³/mol. The Kier molecular flexibility index (Phi) is 8.37. The van der Waals surface area contributed by atoms with Gasteiger partial charge in [-0.25, -0.2) is 0 Å². The Balaban J connectivity index is 1.45. The number of carbonyl (C=O) groups is 3. The van der Waals surface area contributed by atoms with Gasteiger partial charge >= 0.3 is 0 Å². The van der Waals surface area contributed by atoms with E-state index in [0.717, 1.165) is 5.56 Å². The molecule has 0 saturated heterocycles.